The van der Waals surface area contributed by atoms with E-state index in [-0.39, 0.29) is 29.1 Å². The van der Waals surface area contributed by atoms with Crippen LogP contribution in [-0.2, 0) is 9.53 Å². The van der Waals surface area contributed by atoms with Crippen LogP contribution in [0.5, 0.6) is 5.88 Å². The maximum atomic E-state index is 12.6. The van der Waals surface area contributed by atoms with Gasteiger partial charge < -0.3 is 29.5 Å². The van der Waals surface area contributed by atoms with E-state index in [4.69, 9.17) is 25.6 Å². The highest BCUT2D eigenvalue weighted by Crippen LogP contribution is 2.42. The monoisotopic (exact) mass is 454 g/mol. The van der Waals surface area contributed by atoms with Gasteiger partial charge in [0, 0.05) is 17.5 Å². The first-order valence-corrected chi connectivity index (χ1v) is 10.3. The Labute approximate surface area is 188 Å². The van der Waals surface area contributed by atoms with Crippen molar-refractivity contribution in [1.82, 2.24) is 5.16 Å². The van der Waals surface area contributed by atoms with Gasteiger partial charge >= 0.3 is 0 Å². The van der Waals surface area contributed by atoms with Gasteiger partial charge in [-0.1, -0.05) is 35.9 Å². The van der Waals surface area contributed by atoms with Crippen LogP contribution in [0.15, 0.2) is 47.0 Å². The van der Waals surface area contributed by atoms with Crippen LogP contribution in [0.25, 0.3) is 22.5 Å². The summed E-state index contributed by atoms with van der Waals surface area (Å²) in [7, 11) is 1.42. The summed E-state index contributed by atoms with van der Waals surface area (Å²) in [5, 5.41) is 27.2. The topological polar surface area (TPSA) is 114 Å². The van der Waals surface area contributed by atoms with Crippen molar-refractivity contribution < 1.29 is 29.0 Å². The Morgan fingerprint density at radius 2 is 2.00 bits per heavy atom. The van der Waals surface area contributed by atoms with E-state index < -0.39 is 12.0 Å². The van der Waals surface area contributed by atoms with Crippen molar-refractivity contribution in [2.45, 2.75) is 18.6 Å². The number of carbonyl (C=O) groups excluding carboxylic acids is 1. The molecule has 2 atom stereocenters. The largest absolute Gasteiger partial charge is 0.504 e. The average Bonchev–Trinajstić information content (AvgIpc) is 3.51. The number of methoxy groups -OCH3 is 1. The minimum Gasteiger partial charge on any atom is -0.504 e. The number of aliphatic hydroxyl groups is 2. The fraction of sp³-hybridized carbons (Fsp3) is 0.217. The van der Waals surface area contributed by atoms with Crippen LogP contribution >= 0.6 is 11.6 Å². The number of hydrogen-bond donors (Lipinski definition) is 3. The van der Waals surface area contributed by atoms with Gasteiger partial charge in [0.15, 0.2) is 5.76 Å². The molecule has 164 valence electrons. The first-order valence-electron chi connectivity index (χ1n) is 9.94. The number of carbonyl (C=O) groups is 1. The Balaban J connectivity index is 1.53. The highest BCUT2D eigenvalue weighted by atomic mass is 35.5. The number of anilines is 1. The van der Waals surface area contributed by atoms with E-state index in [1.165, 1.54) is 13.2 Å². The van der Waals surface area contributed by atoms with Gasteiger partial charge in [-0.05, 0) is 28.4 Å². The van der Waals surface area contributed by atoms with Gasteiger partial charge in [0.2, 0.25) is 5.76 Å². The molecule has 5 rings (SSSR count). The van der Waals surface area contributed by atoms with Crippen molar-refractivity contribution >= 4 is 34.5 Å². The van der Waals surface area contributed by atoms with Crippen molar-refractivity contribution in [2.24, 2.45) is 0 Å². The number of amides is 1. The SMILES string of the molecule is COc1cc(/C(O)=C2/C(=O)Nc3cc(Cl)c(-c4ccc([C@H]5C[C@H](O)CO5)cc4)cc32)on1. The highest BCUT2D eigenvalue weighted by molar-refractivity contribution is 6.38. The zero-order chi connectivity index (χ0) is 22.4. The molecule has 0 spiro atoms. The summed E-state index contributed by atoms with van der Waals surface area (Å²) in [6.07, 6.45) is -0.0214. The smallest absolute Gasteiger partial charge is 0.260 e. The van der Waals surface area contributed by atoms with Gasteiger partial charge in [0.05, 0.1) is 48.3 Å². The lowest BCUT2D eigenvalue weighted by Gasteiger charge is -2.12. The molecule has 32 heavy (non-hydrogen) atoms. The molecule has 2 aliphatic rings. The van der Waals surface area contributed by atoms with Crippen molar-refractivity contribution in [3.05, 3.63) is 64.4 Å². The minimum absolute atomic E-state index is 0.0134. The number of benzene rings is 2. The number of nitrogens with zero attached hydrogens (tertiary/aromatic N) is 1. The lowest BCUT2D eigenvalue weighted by Crippen LogP contribution is -2.05. The van der Waals surface area contributed by atoms with Crippen molar-refractivity contribution in [1.29, 1.82) is 0 Å². The molecule has 1 fully saturated rings. The van der Waals surface area contributed by atoms with Crippen molar-refractivity contribution in [3.8, 4) is 17.0 Å². The van der Waals surface area contributed by atoms with Gasteiger partial charge in [0.1, 0.15) is 0 Å². The first-order chi connectivity index (χ1) is 15.4. The molecule has 0 bridgehead atoms. The van der Waals surface area contributed by atoms with Gasteiger partial charge in [-0.2, -0.15) is 0 Å². The lowest BCUT2D eigenvalue weighted by atomic mass is 9.96. The molecular formula is C23H19ClN2O6. The van der Waals surface area contributed by atoms with Crippen LogP contribution in [0.3, 0.4) is 0 Å². The summed E-state index contributed by atoms with van der Waals surface area (Å²) in [6.45, 7) is 0.333. The Morgan fingerprint density at radius 1 is 1.22 bits per heavy atom. The molecule has 0 unspecified atom stereocenters. The normalized spacial score (nSPS) is 21.4. The van der Waals surface area contributed by atoms with Crippen LogP contribution in [0, 0.1) is 0 Å². The third-order valence-electron chi connectivity index (χ3n) is 5.59. The Hall–Kier alpha value is -3.33. The number of hydrogen-bond acceptors (Lipinski definition) is 7. The van der Waals surface area contributed by atoms with Crippen molar-refractivity contribution in [2.75, 3.05) is 19.0 Å². The van der Waals surface area contributed by atoms with Crippen LogP contribution in [0.4, 0.5) is 5.69 Å². The molecular weight excluding hydrogens is 436 g/mol. The predicted octanol–water partition coefficient (Wildman–Crippen LogP) is 4.20. The number of aromatic nitrogens is 1. The summed E-state index contributed by atoms with van der Waals surface area (Å²) >= 11 is 6.51. The average molecular weight is 455 g/mol. The molecule has 1 aromatic heterocycles. The summed E-state index contributed by atoms with van der Waals surface area (Å²) in [4.78, 5) is 12.6. The first kappa shape index (κ1) is 20.6. The molecule has 9 heteroatoms. The predicted molar refractivity (Wildman–Crippen MR) is 117 cm³/mol. The molecule has 0 aliphatic carbocycles. The molecule has 1 saturated heterocycles. The number of rotatable bonds is 4. The number of ether oxygens (including phenoxy) is 2. The molecule has 8 nitrogen and oxygen atoms in total. The van der Waals surface area contributed by atoms with Crippen LogP contribution in [0.2, 0.25) is 5.02 Å². The number of aliphatic hydroxyl groups excluding tert-OH is 2. The summed E-state index contributed by atoms with van der Waals surface area (Å²) in [6, 6.07) is 12.5. The number of fused-ring (bicyclic) bond motifs is 1. The zero-order valence-corrected chi connectivity index (χ0v) is 17.7. The van der Waals surface area contributed by atoms with Gasteiger partial charge in [0.25, 0.3) is 11.8 Å². The van der Waals surface area contributed by atoms with Gasteiger partial charge in [-0.15, -0.1) is 0 Å². The van der Waals surface area contributed by atoms with E-state index in [9.17, 15) is 15.0 Å². The standard InChI is InChI=1S/C23H19ClN2O6/c1-30-20-9-19(32-26-20)22(28)21-15-7-14(16(24)8-17(15)25-23(21)29)11-2-4-12(5-3-11)18-6-13(27)10-31-18/h2-5,7-9,13,18,27-28H,6,10H2,1H3,(H,25,29)/b22-21-/t13-,18+/m0/s1. The minimum atomic E-state index is -0.478. The number of nitrogens with one attached hydrogen (secondary N) is 1. The maximum Gasteiger partial charge on any atom is 0.260 e. The molecule has 3 heterocycles. The second-order valence-electron chi connectivity index (χ2n) is 7.62. The van der Waals surface area contributed by atoms with Gasteiger partial charge in [-0.25, -0.2) is 0 Å². The Morgan fingerprint density at radius 3 is 2.66 bits per heavy atom. The van der Waals surface area contributed by atoms with Crippen LogP contribution < -0.4 is 10.1 Å². The summed E-state index contributed by atoms with van der Waals surface area (Å²) < 4.78 is 15.7. The second-order valence-corrected chi connectivity index (χ2v) is 8.03. The van der Waals surface area contributed by atoms with E-state index in [1.807, 2.05) is 24.3 Å². The third-order valence-corrected chi connectivity index (χ3v) is 5.90. The fourth-order valence-electron chi connectivity index (χ4n) is 3.96. The van der Waals surface area contributed by atoms with E-state index in [0.29, 0.717) is 34.9 Å². The molecule has 2 aromatic carbocycles. The van der Waals surface area contributed by atoms with Crippen LogP contribution in [0.1, 0.15) is 29.4 Å². The maximum absolute atomic E-state index is 12.6. The second kappa shape index (κ2) is 7.98. The third kappa shape index (κ3) is 3.52. The van der Waals surface area contributed by atoms with E-state index in [2.05, 4.69) is 10.5 Å². The van der Waals surface area contributed by atoms with Crippen molar-refractivity contribution in [3.63, 3.8) is 0 Å². The van der Waals surface area contributed by atoms with E-state index >= 15 is 0 Å². The molecule has 0 radical (unpaired) electrons. The van der Waals surface area contributed by atoms with E-state index in [0.717, 1.165) is 11.1 Å². The van der Waals surface area contributed by atoms with Gasteiger partial charge in [-0.3, -0.25) is 4.79 Å². The zero-order valence-electron chi connectivity index (χ0n) is 17.0. The number of halogens is 1. The Bertz CT molecular complexity index is 1230. The van der Waals surface area contributed by atoms with Crippen LogP contribution in [-0.4, -0.2) is 41.1 Å². The summed E-state index contributed by atoms with van der Waals surface area (Å²) in [5.74, 6) is -0.633. The molecule has 0 saturated carbocycles. The quantitative estimate of drug-likeness (QED) is 0.399. The Kier molecular flexibility index (Phi) is 5.13. The molecule has 2 aliphatic heterocycles. The fourth-order valence-corrected chi connectivity index (χ4v) is 4.23. The molecule has 1 amide bonds. The molecule has 3 N–H and O–H groups in total. The summed E-state index contributed by atoms with van der Waals surface area (Å²) in [5.41, 5.74) is 3.54. The highest BCUT2D eigenvalue weighted by Gasteiger charge is 2.31. The molecule has 3 aromatic rings. The van der Waals surface area contributed by atoms with E-state index in [1.54, 1.807) is 12.1 Å². The lowest BCUT2D eigenvalue weighted by molar-refractivity contribution is -0.110.